The fraction of sp³-hybridized carbons (Fsp3) is 0.375. The molecule has 98 valence electrons. The fourth-order valence-electron chi connectivity index (χ4n) is 2.43. The number of nitrogens with zero attached hydrogens (tertiary/aromatic N) is 1. The molecule has 1 saturated carbocycles. The summed E-state index contributed by atoms with van der Waals surface area (Å²) in [6.07, 6.45) is 6.69. The van der Waals surface area contributed by atoms with E-state index in [1.807, 2.05) is 12.1 Å². The number of carbonyl (C=O) groups is 1. The molecular weight excluding hydrogens is 236 g/mol. The van der Waals surface area contributed by atoms with Crippen LogP contribution in [0.4, 0.5) is 0 Å². The molecule has 19 heavy (non-hydrogen) atoms. The lowest BCUT2D eigenvalue weighted by molar-refractivity contribution is -0.117. The van der Waals surface area contributed by atoms with Crippen molar-refractivity contribution in [3.05, 3.63) is 41.5 Å². The molecule has 0 radical (unpaired) electrons. The van der Waals surface area contributed by atoms with Crippen molar-refractivity contribution in [3.8, 4) is 6.07 Å². The van der Waals surface area contributed by atoms with Gasteiger partial charge in [-0.05, 0) is 49.0 Å². The minimum Gasteiger partial charge on any atom is -0.350 e. The molecular formula is C16H18N2O. The van der Waals surface area contributed by atoms with Gasteiger partial charge in [0.2, 0.25) is 5.91 Å². The van der Waals surface area contributed by atoms with Gasteiger partial charge in [-0.2, -0.15) is 5.26 Å². The van der Waals surface area contributed by atoms with Gasteiger partial charge >= 0.3 is 0 Å². The third kappa shape index (κ3) is 3.96. The lowest BCUT2D eigenvalue weighted by Gasteiger charge is -2.09. The summed E-state index contributed by atoms with van der Waals surface area (Å²) in [7, 11) is 0. The van der Waals surface area contributed by atoms with Crippen molar-refractivity contribution in [3.63, 3.8) is 0 Å². The Morgan fingerprint density at radius 1 is 1.37 bits per heavy atom. The maximum absolute atomic E-state index is 11.8. The van der Waals surface area contributed by atoms with Crippen molar-refractivity contribution in [2.45, 2.75) is 32.2 Å². The van der Waals surface area contributed by atoms with Crippen LogP contribution in [-0.4, -0.2) is 11.9 Å². The van der Waals surface area contributed by atoms with Crippen LogP contribution in [0.15, 0.2) is 30.3 Å². The molecule has 3 heteroatoms. The molecule has 0 saturated heterocycles. The van der Waals surface area contributed by atoms with Crippen LogP contribution in [0.5, 0.6) is 0 Å². The van der Waals surface area contributed by atoms with Gasteiger partial charge in [0.15, 0.2) is 0 Å². The largest absolute Gasteiger partial charge is 0.350 e. The van der Waals surface area contributed by atoms with E-state index in [1.54, 1.807) is 24.3 Å². The number of carbonyl (C=O) groups excluding carboxylic acids is 1. The van der Waals surface area contributed by atoms with E-state index in [2.05, 4.69) is 18.3 Å². The highest BCUT2D eigenvalue weighted by molar-refractivity contribution is 5.91. The second kappa shape index (κ2) is 6.19. The summed E-state index contributed by atoms with van der Waals surface area (Å²) in [5, 5.41) is 11.7. The highest BCUT2D eigenvalue weighted by Gasteiger charge is 2.21. The van der Waals surface area contributed by atoms with Crippen LogP contribution >= 0.6 is 0 Å². The van der Waals surface area contributed by atoms with E-state index in [0.717, 1.165) is 18.4 Å². The smallest absolute Gasteiger partial charge is 0.244 e. The summed E-state index contributed by atoms with van der Waals surface area (Å²) in [5.41, 5.74) is 1.55. The van der Waals surface area contributed by atoms with Gasteiger partial charge in [-0.1, -0.05) is 19.1 Å². The molecule has 2 atom stereocenters. The second-order valence-corrected chi connectivity index (χ2v) is 5.19. The normalized spacial score (nSPS) is 22.3. The number of hydrogen-bond acceptors (Lipinski definition) is 2. The molecule has 3 nitrogen and oxygen atoms in total. The molecule has 0 aliphatic heterocycles. The van der Waals surface area contributed by atoms with Gasteiger partial charge in [0, 0.05) is 12.1 Å². The number of rotatable bonds is 3. The number of nitriles is 1. The van der Waals surface area contributed by atoms with Crippen molar-refractivity contribution >= 4 is 12.0 Å². The van der Waals surface area contributed by atoms with Gasteiger partial charge in [0.25, 0.3) is 0 Å². The molecule has 0 aromatic heterocycles. The Balaban J connectivity index is 1.87. The van der Waals surface area contributed by atoms with E-state index >= 15 is 0 Å². The summed E-state index contributed by atoms with van der Waals surface area (Å²) in [6.45, 7) is 2.22. The van der Waals surface area contributed by atoms with Gasteiger partial charge in [0.1, 0.15) is 0 Å². The van der Waals surface area contributed by atoms with Crippen LogP contribution < -0.4 is 5.32 Å². The minimum absolute atomic E-state index is 0.0385. The molecule has 2 rings (SSSR count). The zero-order valence-electron chi connectivity index (χ0n) is 11.1. The molecule has 1 amide bonds. The van der Waals surface area contributed by atoms with Gasteiger partial charge in [-0.15, -0.1) is 0 Å². The summed E-state index contributed by atoms with van der Waals surface area (Å²) in [4.78, 5) is 11.8. The first-order valence-electron chi connectivity index (χ1n) is 6.66. The van der Waals surface area contributed by atoms with E-state index in [-0.39, 0.29) is 5.91 Å². The summed E-state index contributed by atoms with van der Waals surface area (Å²) in [6, 6.07) is 9.55. The Hall–Kier alpha value is -2.08. The molecule has 1 aromatic rings. The second-order valence-electron chi connectivity index (χ2n) is 5.19. The standard InChI is InChI=1S/C16H18N2O/c1-12-2-8-15(10-12)18-16(19)9-7-13-3-5-14(11-17)6-4-13/h3-7,9,12,15H,2,8,10H2,1H3,(H,18,19)/b9-7+. The summed E-state index contributed by atoms with van der Waals surface area (Å²) in [5.74, 6) is 0.677. The average molecular weight is 254 g/mol. The van der Waals surface area contributed by atoms with Gasteiger partial charge in [0.05, 0.1) is 11.6 Å². The zero-order valence-corrected chi connectivity index (χ0v) is 11.1. The minimum atomic E-state index is -0.0385. The van der Waals surface area contributed by atoms with Crippen LogP contribution in [-0.2, 0) is 4.79 Å². The predicted molar refractivity (Wildman–Crippen MR) is 75.1 cm³/mol. The van der Waals surface area contributed by atoms with E-state index in [9.17, 15) is 4.79 Å². The molecule has 1 aliphatic rings. The lowest BCUT2D eigenvalue weighted by atomic mass is 10.1. The quantitative estimate of drug-likeness (QED) is 0.843. The molecule has 0 heterocycles. The number of nitrogens with one attached hydrogen (secondary N) is 1. The van der Waals surface area contributed by atoms with Gasteiger partial charge in [-0.3, -0.25) is 4.79 Å². The monoisotopic (exact) mass is 254 g/mol. The molecule has 0 spiro atoms. The van der Waals surface area contributed by atoms with Gasteiger partial charge in [-0.25, -0.2) is 0 Å². The Morgan fingerprint density at radius 2 is 2.11 bits per heavy atom. The molecule has 0 bridgehead atoms. The number of amides is 1. The molecule has 1 aliphatic carbocycles. The van der Waals surface area contributed by atoms with E-state index < -0.39 is 0 Å². The van der Waals surface area contributed by atoms with Crippen molar-refractivity contribution in [1.82, 2.24) is 5.32 Å². The van der Waals surface area contributed by atoms with Crippen molar-refractivity contribution in [2.24, 2.45) is 5.92 Å². The Kier molecular flexibility index (Phi) is 4.35. The number of benzene rings is 1. The van der Waals surface area contributed by atoms with Crippen molar-refractivity contribution in [1.29, 1.82) is 5.26 Å². The first kappa shape index (κ1) is 13.4. The van der Waals surface area contributed by atoms with Crippen LogP contribution in [0.1, 0.15) is 37.3 Å². The van der Waals surface area contributed by atoms with Crippen molar-refractivity contribution < 1.29 is 4.79 Å². The van der Waals surface area contributed by atoms with E-state index in [4.69, 9.17) is 5.26 Å². The topological polar surface area (TPSA) is 52.9 Å². The lowest BCUT2D eigenvalue weighted by Crippen LogP contribution is -2.31. The van der Waals surface area contributed by atoms with Gasteiger partial charge < -0.3 is 5.32 Å². The predicted octanol–water partition coefficient (Wildman–Crippen LogP) is 2.88. The highest BCUT2D eigenvalue weighted by atomic mass is 16.1. The molecule has 2 unspecified atom stereocenters. The highest BCUT2D eigenvalue weighted by Crippen LogP contribution is 2.24. The van der Waals surface area contributed by atoms with E-state index in [1.165, 1.54) is 6.42 Å². The molecule has 1 fully saturated rings. The fourth-order valence-corrected chi connectivity index (χ4v) is 2.43. The molecule has 1 aromatic carbocycles. The number of hydrogen-bond donors (Lipinski definition) is 1. The van der Waals surface area contributed by atoms with E-state index in [0.29, 0.717) is 17.5 Å². The summed E-state index contributed by atoms with van der Waals surface area (Å²) >= 11 is 0. The average Bonchev–Trinajstić information content (AvgIpc) is 2.82. The Labute approximate surface area is 113 Å². The first-order chi connectivity index (χ1) is 9.17. The molecule has 1 N–H and O–H groups in total. The Morgan fingerprint density at radius 3 is 2.68 bits per heavy atom. The van der Waals surface area contributed by atoms with Crippen LogP contribution in [0.2, 0.25) is 0 Å². The Bertz CT molecular complexity index is 511. The first-order valence-corrected chi connectivity index (χ1v) is 6.66. The zero-order chi connectivity index (χ0) is 13.7. The van der Waals surface area contributed by atoms with Crippen LogP contribution in [0.3, 0.4) is 0 Å². The van der Waals surface area contributed by atoms with Crippen LogP contribution in [0, 0.1) is 17.2 Å². The maximum Gasteiger partial charge on any atom is 0.244 e. The van der Waals surface area contributed by atoms with Crippen LogP contribution in [0.25, 0.3) is 6.08 Å². The third-order valence-electron chi connectivity index (χ3n) is 3.51. The third-order valence-corrected chi connectivity index (χ3v) is 3.51. The SMILES string of the molecule is CC1CCC(NC(=O)/C=C/c2ccc(C#N)cc2)C1. The maximum atomic E-state index is 11.8. The van der Waals surface area contributed by atoms with Crippen molar-refractivity contribution in [2.75, 3.05) is 0 Å². The summed E-state index contributed by atoms with van der Waals surface area (Å²) < 4.78 is 0.